The molecule has 13 heavy (non-hydrogen) atoms. The molecule has 3 N–H and O–H groups in total. The van der Waals surface area contributed by atoms with Crippen molar-refractivity contribution in [3.63, 3.8) is 0 Å². The molecule has 2 amide bonds. The summed E-state index contributed by atoms with van der Waals surface area (Å²) in [4.78, 5) is 32.7. The first kappa shape index (κ1) is 11.9. The molecule has 0 aliphatic heterocycles. The average molecular weight is 206 g/mol. The van der Waals surface area contributed by atoms with Crippen molar-refractivity contribution in [1.82, 2.24) is 4.90 Å². The van der Waals surface area contributed by atoms with Crippen molar-refractivity contribution in [3.05, 3.63) is 0 Å². The van der Waals surface area contributed by atoms with Crippen molar-refractivity contribution >= 4 is 30.4 Å². The van der Waals surface area contributed by atoms with Crippen molar-refractivity contribution in [3.8, 4) is 0 Å². The second kappa shape index (κ2) is 4.83. The molecule has 0 saturated heterocycles. The third kappa shape index (κ3) is 3.03. The number of hydrogen-bond acceptors (Lipinski definition) is 5. The molecule has 0 bridgehead atoms. The predicted molar refractivity (Wildman–Crippen MR) is 47.0 cm³/mol. The molecule has 0 aromatic heterocycles. The number of carbonyl (C=O) groups is 3. The summed E-state index contributed by atoms with van der Waals surface area (Å²) in [6.45, 7) is 0.642. The normalized spacial score (nSPS) is 11.9. The van der Waals surface area contributed by atoms with Gasteiger partial charge in [-0.05, 0) is 0 Å². The Hall–Kier alpha value is -1.08. The second-order valence-corrected chi connectivity index (χ2v) is 2.69. The molecule has 0 aliphatic rings. The maximum atomic E-state index is 11.0. The van der Waals surface area contributed by atoms with Crippen LogP contribution >= 0.6 is 12.6 Å². The van der Waals surface area contributed by atoms with Crippen LogP contribution in [0.3, 0.4) is 0 Å². The lowest BCUT2D eigenvalue weighted by molar-refractivity contribution is -0.152. The predicted octanol–water partition coefficient (Wildman–Crippen LogP) is -1.34. The van der Waals surface area contributed by atoms with Gasteiger partial charge < -0.3 is 10.8 Å². The number of hydrogen-bond donors (Lipinski definition) is 3. The van der Waals surface area contributed by atoms with Crippen LogP contribution in [0.5, 0.6) is 0 Å². The fourth-order valence-corrected chi connectivity index (χ4v) is 0.984. The number of amides is 2. The minimum atomic E-state index is -1.48. The molecule has 0 rings (SSSR count). The van der Waals surface area contributed by atoms with Crippen LogP contribution in [-0.4, -0.2) is 39.7 Å². The highest BCUT2D eigenvalue weighted by Crippen LogP contribution is 2.05. The molecule has 7 heteroatoms. The molecule has 1 unspecified atom stereocenters. The number of aliphatic carboxylic acids is 1. The van der Waals surface area contributed by atoms with Crippen LogP contribution in [0.4, 0.5) is 0 Å². The molecule has 1 atom stereocenters. The molecule has 0 aromatic carbocycles. The summed E-state index contributed by atoms with van der Waals surface area (Å²) in [7, 11) is 0. The van der Waals surface area contributed by atoms with E-state index >= 15 is 0 Å². The molecule has 6 nitrogen and oxygen atoms in total. The summed E-state index contributed by atoms with van der Waals surface area (Å²) >= 11 is 3.58. The van der Waals surface area contributed by atoms with E-state index in [1.807, 2.05) is 0 Å². The van der Waals surface area contributed by atoms with Gasteiger partial charge in [-0.15, -0.1) is 12.6 Å². The quantitative estimate of drug-likeness (QED) is 0.392. The number of carboxylic acids is 1. The number of nitrogens with zero attached hydrogens (tertiary/aromatic N) is 1. The third-order valence-electron chi connectivity index (χ3n) is 1.25. The highest BCUT2D eigenvalue weighted by molar-refractivity contribution is 7.81. The SMILES string of the molecule is CC(=O)N(C(=O)CN)C(S)C(=O)O. The van der Waals surface area contributed by atoms with E-state index in [0.29, 0.717) is 4.90 Å². The molecule has 0 aliphatic carbocycles. The van der Waals surface area contributed by atoms with Crippen molar-refractivity contribution in [2.24, 2.45) is 5.73 Å². The number of thiol groups is 1. The third-order valence-corrected chi connectivity index (χ3v) is 1.70. The van der Waals surface area contributed by atoms with E-state index in [1.165, 1.54) is 0 Å². The van der Waals surface area contributed by atoms with Gasteiger partial charge >= 0.3 is 5.97 Å². The maximum absolute atomic E-state index is 11.0. The molecule has 74 valence electrons. The van der Waals surface area contributed by atoms with Crippen LogP contribution in [0.1, 0.15) is 6.92 Å². The fourth-order valence-electron chi connectivity index (χ4n) is 0.693. The van der Waals surface area contributed by atoms with Gasteiger partial charge in [0.1, 0.15) is 0 Å². The number of carboxylic acid groups (broad SMARTS) is 1. The fraction of sp³-hybridized carbons (Fsp3) is 0.500. The van der Waals surface area contributed by atoms with Crippen LogP contribution in [0, 0.1) is 0 Å². The number of imide groups is 1. The Morgan fingerprint density at radius 3 is 2.23 bits per heavy atom. The van der Waals surface area contributed by atoms with Crippen LogP contribution in [0.25, 0.3) is 0 Å². The van der Waals surface area contributed by atoms with E-state index < -0.39 is 29.7 Å². The molecule has 0 radical (unpaired) electrons. The van der Waals surface area contributed by atoms with Gasteiger partial charge in [0.25, 0.3) is 0 Å². The van der Waals surface area contributed by atoms with Crippen LogP contribution < -0.4 is 5.73 Å². The lowest BCUT2D eigenvalue weighted by atomic mass is 10.4. The van der Waals surface area contributed by atoms with Gasteiger partial charge in [-0.2, -0.15) is 0 Å². The number of rotatable bonds is 3. The monoisotopic (exact) mass is 206 g/mol. The van der Waals surface area contributed by atoms with E-state index in [9.17, 15) is 14.4 Å². The first-order valence-electron chi connectivity index (χ1n) is 3.35. The summed E-state index contributed by atoms with van der Waals surface area (Å²) in [5, 5.41) is 7.00. The Balaban J connectivity index is 4.71. The van der Waals surface area contributed by atoms with Gasteiger partial charge in [0, 0.05) is 6.92 Å². The Morgan fingerprint density at radius 1 is 1.54 bits per heavy atom. The molecular weight excluding hydrogens is 196 g/mol. The van der Waals surface area contributed by atoms with Gasteiger partial charge in [-0.3, -0.25) is 14.5 Å². The van der Waals surface area contributed by atoms with Crippen molar-refractivity contribution in [1.29, 1.82) is 0 Å². The molecule has 0 spiro atoms. The van der Waals surface area contributed by atoms with E-state index in [1.54, 1.807) is 0 Å². The van der Waals surface area contributed by atoms with Gasteiger partial charge in [0.2, 0.25) is 11.8 Å². The van der Waals surface area contributed by atoms with Crippen molar-refractivity contribution in [2.45, 2.75) is 12.3 Å². The van der Waals surface area contributed by atoms with Gasteiger partial charge in [-0.1, -0.05) is 0 Å². The Labute approximate surface area is 80.1 Å². The van der Waals surface area contributed by atoms with Gasteiger partial charge in [0.05, 0.1) is 6.54 Å². The Kier molecular flexibility index (Phi) is 4.43. The average Bonchev–Trinajstić information content (AvgIpc) is 2.03. The summed E-state index contributed by atoms with van der Waals surface area (Å²) in [5.74, 6) is -2.84. The summed E-state index contributed by atoms with van der Waals surface area (Å²) in [6, 6.07) is 0. The Bertz CT molecular complexity index is 243. The Morgan fingerprint density at radius 2 is 2.00 bits per heavy atom. The standard InChI is InChI=1S/C6H10N2O4S/c1-3(9)8(4(10)2-7)5(13)6(11)12/h5,13H,2,7H2,1H3,(H,11,12). The smallest absolute Gasteiger partial charge is 0.337 e. The first-order valence-corrected chi connectivity index (χ1v) is 3.87. The zero-order valence-corrected chi connectivity index (χ0v) is 7.82. The lowest BCUT2D eigenvalue weighted by Gasteiger charge is -2.21. The molecule has 0 aromatic rings. The van der Waals surface area contributed by atoms with Crippen molar-refractivity contribution < 1.29 is 19.5 Å². The summed E-state index contributed by atoms with van der Waals surface area (Å²) in [6.07, 6.45) is 0. The summed E-state index contributed by atoms with van der Waals surface area (Å²) in [5.41, 5.74) is 4.98. The number of nitrogens with two attached hydrogens (primary N) is 1. The zero-order valence-electron chi connectivity index (χ0n) is 6.93. The molecule has 0 fully saturated rings. The van der Waals surface area contributed by atoms with E-state index in [-0.39, 0.29) is 0 Å². The maximum Gasteiger partial charge on any atom is 0.337 e. The van der Waals surface area contributed by atoms with E-state index in [2.05, 4.69) is 12.6 Å². The van der Waals surface area contributed by atoms with E-state index in [4.69, 9.17) is 10.8 Å². The first-order chi connectivity index (χ1) is 5.91. The lowest BCUT2D eigenvalue weighted by Crippen LogP contribution is -2.47. The zero-order chi connectivity index (χ0) is 10.6. The van der Waals surface area contributed by atoms with Crippen LogP contribution in [0.15, 0.2) is 0 Å². The van der Waals surface area contributed by atoms with E-state index in [0.717, 1.165) is 6.92 Å². The van der Waals surface area contributed by atoms with Gasteiger partial charge in [-0.25, -0.2) is 4.79 Å². The highest BCUT2D eigenvalue weighted by Gasteiger charge is 2.28. The van der Waals surface area contributed by atoms with Crippen LogP contribution in [0.2, 0.25) is 0 Å². The molecular formula is C6H10N2O4S. The molecule has 0 heterocycles. The molecule has 0 saturated carbocycles. The second-order valence-electron chi connectivity index (χ2n) is 2.20. The van der Waals surface area contributed by atoms with Crippen molar-refractivity contribution in [2.75, 3.05) is 6.54 Å². The largest absolute Gasteiger partial charge is 0.479 e. The minimum Gasteiger partial charge on any atom is -0.479 e. The summed E-state index contributed by atoms with van der Waals surface area (Å²) < 4.78 is 0. The van der Waals surface area contributed by atoms with Gasteiger partial charge in [0.15, 0.2) is 5.37 Å². The van der Waals surface area contributed by atoms with Crippen LogP contribution in [-0.2, 0) is 14.4 Å². The highest BCUT2D eigenvalue weighted by atomic mass is 32.1. The minimum absolute atomic E-state index is 0.427. The number of carbonyl (C=O) groups excluding carboxylic acids is 2. The topological polar surface area (TPSA) is 101 Å².